The van der Waals surface area contributed by atoms with Crippen LogP contribution in [0.3, 0.4) is 0 Å². The standard InChI is InChI=1S/C2H6N2O2.Rb/c1-3-2(5)4-6;/h1H3,(H3,3,4,5,6);/q;+1/p-1. The van der Waals surface area contributed by atoms with E-state index in [4.69, 9.17) is 5.21 Å². The van der Waals surface area contributed by atoms with Gasteiger partial charge in [0.2, 0.25) is 0 Å². The Bertz CT molecular complexity index is 51.7. The fraction of sp³-hybridized carbons (Fsp3) is 0.500. The maximum absolute atomic E-state index is 9.65. The van der Waals surface area contributed by atoms with Crippen molar-refractivity contribution in [3.63, 3.8) is 0 Å². The topological polar surface area (TPSA) is 63.4 Å². The molecule has 4 nitrogen and oxygen atoms in total. The number of hydroxylamine groups is 1. The fourth-order valence-electron chi connectivity index (χ4n) is 0.0500. The first-order valence-electron chi connectivity index (χ1n) is 1.38. The van der Waals surface area contributed by atoms with E-state index in [-0.39, 0.29) is 58.2 Å². The molecule has 0 aliphatic rings. The van der Waals surface area contributed by atoms with E-state index in [1.54, 1.807) is 0 Å². The zero-order chi connectivity index (χ0) is 4.99. The van der Waals surface area contributed by atoms with Gasteiger partial charge < -0.3 is 16.0 Å². The third-order valence-corrected chi connectivity index (χ3v) is 0.305. The number of rotatable bonds is 0. The summed E-state index contributed by atoms with van der Waals surface area (Å²) < 4.78 is 0. The number of hydrogen-bond acceptors (Lipinski definition) is 2. The minimum atomic E-state index is -0.727. The molecule has 2 amide bonds. The summed E-state index contributed by atoms with van der Waals surface area (Å²) in [6, 6.07) is -0.727. The van der Waals surface area contributed by atoms with Gasteiger partial charge in [-0.05, 0) is 0 Å². The van der Waals surface area contributed by atoms with E-state index in [1.165, 1.54) is 7.05 Å². The van der Waals surface area contributed by atoms with Crippen LogP contribution in [0.1, 0.15) is 0 Å². The third-order valence-electron chi connectivity index (χ3n) is 0.305. The molecule has 0 aromatic heterocycles. The van der Waals surface area contributed by atoms with E-state index in [1.807, 2.05) is 0 Å². The molecule has 0 aromatic carbocycles. The van der Waals surface area contributed by atoms with Gasteiger partial charge in [-0.1, -0.05) is 7.05 Å². The van der Waals surface area contributed by atoms with Gasteiger partial charge in [0.05, 0.1) is 0 Å². The van der Waals surface area contributed by atoms with Gasteiger partial charge in [0.25, 0.3) is 0 Å². The summed E-state index contributed by atoms with van der Waals surface area (Å²) in [5.41, 5.74) is 2.26. The van der Waals surface area contributed by atoms with Crippen molar-refractivity contribution in [2.24, 2.45) is 0 Å². The average Bonchev–Trinajstić information content (AvgIpc) is 1.65. The Hall–Kier alpha value is 1.04. The van der Waals surface area contributed by atoms with Gasteiger partial charge in [-0.3, -0.25) is 4.79 Å². The van der Waals surface area contributed by atoms with Gasteiger partial charge in [-0.15, -0.1) is 0 Å². The summed E-state index contributed by atoms with van der Waals surface area (Å²) >= 11 is 0. The number of nitrogens with zero attached hydrogens (tertiary/aromatic N) is 1. The zero-order valence-electron chi connectivity index (χ0n) is 4.30. The fourth-order valence-corrected chi connectivity index (χ4v) is 0.0500. The molecule has 0 radical (unpaired) electrons. The Balaban J connectivity index is 0. The van der Waals surface area contributed by atoms with Crippen LogP contribution in [0.15, 0.2) is 0 Å². The number of urea groups is 1. The van der Waals surface area contributed by atoms with Crippen LogP contribution < -0.4 is 63.5 Å². The normalized spacial score (nSPS) is 6.00. The summed E-state index contributed by atoms with van der Waals surface area (Å²) in [5, 5.41) is 9.61. The molecule has 36 valence electrons. The molecule has 5 heteroatoms. The molecule has 0 heterocycles. The molecular formula is C2H5N2O2Rb. The minimum Gasteiger partial charge on any atom is -0.451 e. The summed E-state index contributed by atoms with van der Waals surface area (Å²) in [6.45, 7) is 0. The minimum absolute atomic E-state index is 0. The van der Waals surface area contributed by atoms with Crippen LogP contribution in [0.2, 0.25) is 0 Å². The number of carbonyl (C=O) groups excluding carboxylic acids is 1. The van der Waals surface area contributed by atoms with Crippen LogP contribution >= 0.6 is 0 Å². The molecule has 0 saturated carbocycles. The van der Waals surface area contributed by atoms with E-state index in [0.717, 1.165) is 0 Å². The molecule has 0 fully saturated rings. The molecule has 0 spiro atoms. The average molecular weight is 175 g/mol. The maximum Gasteiger partial charge on any atom is 1.00 e. The largest absolute Gasteiger partial charge is 1.00 e. The van der Waals surface area contributed by atoms with Gasteiger partial charge in [-0.25, -0.2) is 0 Å². The molecule has 2 N–H and O–H groups in total. The van der Waals surface area contributed by atoms with Crippen molar-refractivity contribution in [1.82, 2.24) is 5.32 Å². The van der Waals surface area contributed by atoms with Crippen molar-refractivity contribution in [2.75, 3.05) is 7.05 Å². The Kier molecular flexibility index (Phi) is 11.0. The molecule has 0 unspecified atom stereocenters. The van der Waals surface area contributed by atoms with Crippen LogP contribution in [-0.4, -0.2) is 18.3 Å². The second-order valence-corrected chi connectivity index (χ2v) is 0.655. The van der Waals surface area contributed by atoms with Gasteiger partial charge in [0.1, 0.15) is 0 Å². The van der Waals surface area contributed by atoms with Crippen molar-refractivity contribution >= 4 is 6.03 Å². The Morgan fingerprint density at radius 1 is 1.86 bits per heavy atom. The predicted molar refractivity (Wildman–Crippen MR) is 19.6 cm³/mol. The van der Waals surface area contributed by atoms with Crippen molar-refractivity contribution in [1.29, 1.82) is 0 Å². The van der Waals surface area contributed by atoms with E-state index in [9.17, 15) is 4.79 Å². The predicted octanol–water partition coefficient (Wildman–Crippen LogP) is -2.91. The number of hydrogen-bond donors (Lipinski definition) is 2. The Morgan fingerprint density at radius 2 is 2.29 bits per heavy atom. The molecule has 0 aliphatic carbocycles. The van der Waals surface area contributed by atoms with Crippen LogP contribution in [0.4, 0.5) is 4.79 Å². The van der Waals surface area contributed by atoms with E-state index < -0.39 is 6.03 Å². The number of carbonyl (C=O) groups is 1. The zero-order valence-corrected chi connectivity index (χ0v) is 9.22. The first-order valence-corrected chi connectivity index (χ1v) is 1.38. The van der Waals surface area contributed by atoms with E-state index in [2.05, 4.69) is 10.8 Å². The molecule has 0 saturated heterocycles. The van der Waals surface area contributed by atoms with Gasteiger partial charge in [0, 0.05) is 0 Å². The molecular weight excluding hydrogens is 170 g/mol. The van der Waals surface area contributed by atoms with Crippen LogP contribution in [0, 0.1) is 0 Å². The Morgan fingerprint density at radius 3 is 2.29 bits per heavy atom. The quantitative estimate of drug-likeness (QED) is 0.306. The Labute approximate surface area is 90.4 Å². The second kappa shape index (κ2) is 7.04. The van der Waals surface area contributed by atoms with Crippen LogP contribution in [0.25, 0.3) is 5.48 Å². The van der Waals surface area contributed by atoms with Crippen LogP contribution in [0.5, 0.6) is 0 Å². The molecule has 0 bridgehead atoms. The summed E-state index contributed by atoms with van der Waals surface area (Å²) in [6.07, 6.45) is 0. The molecule has 7 heavy (non-hydrogen) atoms. The van der Waals surface area contributed by atoms with E-state index >= 15 is 0 Å². The first-order chi connectivity index (χ1) is 2.81. The van der Waals surface area contributed by atoms with Crippen molar-refractivity contribution in [3.05, 3.63) is 5.48 Å². The van der Waals surface area contributed by atoms with Crippen molar-refractivity contribution in [2.45, 2.75) is 0 Å². The second-order valence-electron chi connectivity index (χ2n) is 0.655. The van der Waals surface area contributed by atoms with Crippen molar-refractivity contribution < 1.29 is 68.2 Å². The third kappa shape index (κ3) is 7.04. The molecule has 0 aromatic rings. The van der Waals surface area contributed by atoms with Crippen molar-refractivity contribution in [3.8, 4) is 0 Å². The smallest absolute Gasteiger partial charge is 0.451 e. The van der Waals surface area contributed by atoms with E-state index in [0.29, 0.717) is 0 Å². The SMILES string of the molecule is CNC(=O)[N-]O.[Rb+]. The first kappa shape index (κ1) is 10.9. The monoisotopic (exact) mass is 174 g/mol. The van der Waals surface area contributed by atoms with Gasteiger partial charge in [0.15, 0.2) is 6.03 Å². The summed E-state index contributed by atoms with van der Waals surface area (Å²) in [7, 11) is 1.38. The number of amides is 2. The van der Waals surface area contributed by atoms with Gasteiger partial charge in [-0.2, -0.15) is 0 Å². The molecule has 0 rings (SSSR count). The van der Waals surface area contributed by atoms with Gasteiger partial charge >= 0.3 is 58.2 Å². The van der Waals surface area contributed by atoms with Crippen LogP contribution in [-0.2, 0) is 0 Å². The summed E-state index contributed by atoms with van der Waals surface area (Å²) in [5.74, 6) is 0. The molecule has 0 aliphatic heterocycles. The number of nitrogens with one attached hydrogen (secondary N) is 1. The maximum atomic E-state index is 9.65. The molecule has 0 atom stereocenters. The summed E-state index contributed by atoms with van der Waals surface area (Å²) in [4.78, 5) is 9.65.